The van der Waals surface area contributed by atoms with Crippen LogP contribution in [-0.2, 0) is 14.4 Å². The van der Waals surface area contributed by atoms with Crippen LogP contribution in [0.1, 0.15) is 45.3 Å². The summed E-state index contributed by atoms with van der Waals surface area (Å²) < 4.78 is 5.26. The van der Waals surface area contributed by atoms with Gasteiger partial charge in [-0.05, 0) is 37.5 Å². The SMILES string of the molecule is CCCN(CCC)C(=O)C(CCC(=O)NC)C(=Cc1ccco1)C(N)=O. The number of hydrogen-bond acceptors (Lipinski definition) is 4. The molecular weight excluding hydrogens is 334 g/mol. The van der Waals surface area contributed by atoms with Crippen LogP contribution in [0.15, 0.2) is 28.4 Å². The standard InChI is InChI=1S/C19H29N3O4/c1-4-10-22(11-5-2)19(25)15(8-9-17(23)21-3)16(18(20)24)13-14-7-6-12-26-14/h6-7,12-13,15H,4-5,8-11H2,1-3H3,(H2,20,24)(H,21,23). The summed E-state index contributed by atoms with van der Waals surface area (Å²) in [6, 6.07) is 3.37. The number of hydrogen-bond donors (Lipinski definition) is 2. The average molecular weight is 363 g/mol. The van der Waals surface area contributed by atoms with Gasteiger partial charge in [0.25, 0.3) is 0 Å². The monoisotopic (exact) mass is 363 g/mol. The van der Waals surface area contributed by atoms with Crippen LogP contribution in [0.2, 0.25) is 0 Å². The van der Waals surface area contributed by atoms with Gasteiger partial charge in [-0.3, -0.25) is 14.4 Å². The van der Waals surface area contributed by atoms with Gasteiger partial charge in [-0.15, -0.1) is 0 Å². The smallest absolute Gasteiger partial charge is 0.245 e. The number of furan rings is 1. The predicted octanol–water partition coefficient (Wildman–Crippen LogP) is 1.94. The molecule has 1 atom stereocenters. The number of nitrogens with one attached hydrogen (secondary N) is 1. The van der Waals surface area contributed by atoms with Crippen molar-refractivity contribution < 1.29 is 18.8 Å². The van der Waals surface area contributed by atoms with E-state index in [0.717, 1.165) is 12.8 Å². The lowest BCUT2D eigenvalue weighted by atomic mass is 9.90. The van der Waals surface area contributed by atoms with Crippen molar-refractivity contribution in [3.63, 3.8) is 0 Å². The maximum Gasteiger partial charge on any atom is 0.245 e. The third-order valence-corrected chi connectivity index (χ3v) is 4.04. The van der Waals surface area contributed by atoms with Gasteiger partial charge in [0.15, 0.2) is 0 Å². The Balaban J connectivity index is 3.20. The molecule has 0 spiro atoms. The highest BCUT2D eigenvalue weighted by atomic mass is 16.3. The second-order valence-electron chi connectivity index (χ2n) is 6.07. The van der Waals surface area contributed by atoms with Gasteiger partial charge in [0.2, 0.25) is 17.7 Å². The second kappa shape index (κ2) is 11.1. The Morgan fingerprint density at radius 2 is 1.92 bits per heavy atom. The Labute approximate surface area is 154 Å². The first-order chi connectivity index (χ1) is 12.4. The van der Waals surface area contributed by atoms with E-state index in [9.17, 15) is 14.4 Å². The fourth-order valence-corrected chi connectivity index (χ4v) is 2.77. The van der Waals surface area contributed by atoms with E-state index in [4.69, 9.17) is 10.2 Å². The molecule has 0 aromatic carbocycles. The van der Waals surface area contributed by atoms with E-state index >= 15 is 0 Å². The summed E-state index contributed by atoms with van der Waals surface area (Å²) in [7, 11) is 1.54. The molecule has 7 nitrogen and oxygen atoms in total. The van der Waals surface area contributed by atoms with Crippen LogP contribution in [0.25, 0.3) is 6.08 Å². The summed E-state index contributed by atoms with van der Waals surface area (Å²) in [5.41, 5.74) is 5.72. The fourth-order valence-electron chi connectivity index (χ4n) is 2.77. The second-order valence-corrected chi connectivity index (χ2v) is 6.07. The van der Waals surface area contributed by atoms with E-state index in [1.807, 2.05) is 13.8 Å². The largest absolute Gasteiger partial charge is 0.465 e. The molecule has 1 aromatic rings. The molecule has 3 N–H and O–H groups in total. The van der Waals surface area contributed by atoms with Gasteiger partial charge < -0.3 is 20.4 Å². The van der Waals surface area contributed by atoms with Crippen LogP contribution in [0.3, 0.4) is 0 Å². The van der Waals surface area contributed by atoms with Crippen molar-refractivity contribution in [1.82, 2.24) is 10.2 Å². The zero-order valence-electron chi connectivity index (χ0n) is 15.8. The average Bonchev–Trinajstić information content (AvgIpc) is 3.13. The van der Waals surface area contributed by atoms with Crippen LogP contribution in [0.5, 0.6) is 0 Å². The molecule has 0 saturated carbocycles. The number of amides is 3. The van der Waals surface area contributed by atoms with Crippen molar-refractivity contribution in [2.45, 2.75) is 39.5 Å². The van der Waals surface area contributed by atoms with E-state index in [1.165, 1.54) is 19.4 Å². The van der Waals surface area contributed by atoms with Crippen molar-refractivity contribution >= 4 is 23.8 Å². The number of carbonyl (C=O) groups is 3. The molecule has 0 radical (unpaired) electrons. The third-order valence-electron chi connectivity index (χ3n) is 4.04. The maximum absolute atomic E-state index is 13.1. The highest BCUT2D eigenvalue weighted by Gasteiger charge is 2.30. The first-order valence-corrected chi connectivity index (χ1v) is 8.98. The third kappa shape index (κ3) is 6.38. The van der Waals surface area contributed by atoms with Crippen LogP contribution < -0.4 is 11.1 Å². The number of nitrogens with zero attached hydrogens (tertiary/aromatic N) is 1. The van der Waals surface area contributed by atoms with E-state index in [2.05, 4.69) is 5.32 Å². The van der Waals surface area contributed by atoms with E-state index < -0.39 is 11.8 Å². The minimum Gasteiger partial charge on any atom is -0.465 e. The van der Waals surface area contributed by atoms with E-state index in [0.29, 0.717) is 18.8 Å². The predicted molar refractivity (Wildman–Crippen MR) is 99.8 cm³/mol. The fraction of sp³-hybridized carbons (Fsp3) is 0.526. The maximum atomic E-state index is 13.1. The molecule has 144 valence electrons. The van der Waals surface area contributed by atoms with E-state index in [1.54, 1.807) is 17.0 Å². The number of nitrogens with two attached hydrogens (primary N) is 1. The number of rotatable bonds is 11. The van der Waals surface area contributed by atoms with Gasteiger partial charge in [0.1, 0.15) is 5.76 Å². The Kier molecular flexibility index (Phi) is 9.19. The zero-order valence-corrected chi connectivity index (χ0v) is 15.8. The van der Waals surface area contributed by atoms with Crippen molar-refractivity contribution in [2.75, 3.05) is 20.1 Å². The highest BCUT2D eigenvalue weighted by molar-refractivity contribution is 6.02. The normalized spacial score (nSPS) is 12.5. The molecule has 0 aliphatic carbocycles. The van der Waals surface area contributed by atoms with E-state index in [-0.39, 0.29) is 30.2 Å². The molecule has 0 fully saturated rings. The first kappa shape index (κ1) is 21.5. The molecule has 7 heteroatoms. The van der Waals surface area contributed by atoms with Crippen LogP contribution in [-0.4, -0.2) is 42.8 Å². The molecule has 0 aliphatic heterocycles. The molecule has 26 heavy (non-hydrogen) atoms. The molecule has 0 bridgehead atoms. The lowest BCUT2D eigenvalue weighted by molar-refractivity contribution is -0.136. The van der Waals surface area contributed by atoms with Gasteiger partial charge >= 0.3 is 0 Å². The summed E-state index contributed by atoms with van der Waals surface area (Å²) >= 11 is 0. The van der Waals surface area contributed by atoms with Gasteiger partial charge in [0.05, 0.1) is 12.2 Å². The van der Waals surface area contributed by atoms with Crippen molar-refractivity contribution in [3.05, 3.63) is 29.7 Å². The summed E-state index contributed by atoms with van der Waals surface area (Å²) in [6.45, 7) is 5.16. The van der Waals surface area contributed by atoms with Gasteiger partial charge in [-0.2, -0.15) is 0 Å². The molecule has 0 aliphatic rings. The Morgan fingerprint density at radius 1 is 1.27 bits per heavy atom. The van der Waals surface area contributed by atoms with Crippen LogP contribution >= 0.6 is 0 Å². The molecule has 0 saturated heterocycles. The Morgan fingerprint density at radius 3 is 2.38 bits per heavy atom. The quantitative estimate of drug-likeness (QED) is 0.586. The molecule has 1 unspecified atom stereocenters. The molecule has 1 rings (SSSR count). The molecule has 1 aromatic heterocycles. The summed E-state index contributed by atoms with van der Waals surface area (Å²) in [5.74, 6) is -1.41. The van der Waals surface area contributed by atoms with Gasteiger partial charge in [0, 0.05) is 32.1 Å². The lowest BCUT2D eigenvalue weighted by Gasteiger charge is -2.27. The van der Waals surface area contributed by atoms with Gasteiger partial charge in [-0.25, -0.2) is 0 Å². The zero-order chi connectivity index (χ0) is 19.5. The van der Waals surface area contributed by atoms with Crippen LogP contribution in [0, 0.1) is 5.92 Å². The molecular formula is C19H29N3O4. The van der Waals surface area contributed by atoms with Gasteiger partial charge in [-0.1, -0.05) is 13.8 Å². The highest BCUT2D eigenvalue weighted by Crippen LogP contribution is 2.23. The molecule has 1 heterocycles. The van der Waals surface area contributed by atoms with Crippen molar-refractivity contribution in [1.29, 1.82) is 0 Å². The molecule has 3 amide bonds. The Bertz CT molecular complexity index is 617. The minimum atomic E-state index is -0.784. The number of primary amides is 1. The topological polar surface area (TPSA) is 106 Å². The van der Waals surface area contributed by atoms with Crippen LogP contribution in [0.4, 0.5) is 0 Å². The summed E-state index contributed by atoms with van der Waals surface area (Å²) in [5, 5.41) is 2.53. The lowest BCUT2D eigenvalue weighted by Crippen LogP contribution is -2.40. The number of carbonyl (C=O) groups excluding carboxylic acids is 3. The van der Waals surface area contributed by atoms with Crippen molar-refractivity contribution in [2.24, 2.45) is 11.7 Å². The summed E-state index contributed by atoms with van der Waals surface area (Å²) in [4.78, 5) is 38.6. The Hall–Kier alpha value is -2.57. The first-order valence-electron chi connectivity index (χ1n) is 8.98. The summed E-state index contributed by atoms with van der Waals surface area (Å²) in [6.07, 6.45) is 4.92. The van der Waals surface area contributed by atoms with Crippen molar-refractivity contribution in [3.8, 4) is 0 Å². The minimum absolute atomic E-state index is 0.127.